The molecule has 3 aromatic rings. The number of aromatic nitrogens is 3. The Balaban J connectivity index is 2.02. The highest BCUT2D eigenvalue weighted by Crippen LogP contribution is 2.39. The van der Waals surface area contributed by atoms with Crippen molar-refractivity contribution in [1.82, 2.24) is 15.1 Å². The number of alkyl halides is 3. The van der Waals surface area contributed by atoms with Crippen molar-refractivity contribution in [3.8, 4) is 17.1 Å². The Morgan fingerprint density at radius 2 is 1.88 bits per heavy atom. The molecule has 0 bridgehead atoms. The number of H-pyrrole nitrogens is 1. The van der Waals surface area contributed by atoms with Gasteiger partial charge in [0.05, 0.1) is 17.9 Å². The number of benzene rings is 1. The van der Waals surface area contributed by atoms with Crippen molar-refractivity contribution in [2.45, 2.75) is 26.4 Å². The van der Waals surface area contributed by atoms with E-state index < -0.39 is 27.5 Å². The van der Waals surface area contributed by atoms with Crippen LogP contribution >= 0.6 is 0 Å². The number of nitrogens with two attached hydrogens (primary N) is 1. The zero-order valence-electron chi connectivity index (χ0n) is 17.5. The van der Waals surface area contributed by atoms with E-state index in [4.69, 9.17) is 9.88 Å². The van der Waals surface area contributed by atoms with Crippen LogP contribution < -0.4 is 20.9 Å². The number of hydrogen-bond donors (Lipinski definition) is 3. The minimum Gasteiger partial charge on any atom is -0.492 e. The molecule has 0 radical (unpaired) electrons. The highest BCUT2D eigenvalue weighted by molar-refractivity contribution is 7.89. The first kappa shape index (κ1) is 24.3. The van der Waals surface area contributed by atoms with E-state index in [0.717, 1.165) is 12.1 Å². The third kappa shape index (κ3) is 6.10. The fourth-order valence-corrected chi connectivity index (χ4v) is 3.43. The Bertz CT molecular complexity index is 1300. The largest absolute Gasteiger partial charge is 0.492 e. The molecule has 4 N–H and O–H groups in total. The number of anilines is 2. The molecular weight excluding hydrogens is 467 g/mol. The highest BCUT2D eigenvalue weighted by Gasteiger charge is 2.30. The van der Waals surface area contributed by atoms with Crippen LogP contribution in [-0.2, 0) is 16.2 Å². The Hall–Kier alpha value is -3.39. The summed E-state index contributed by atoms with van der Waals surface area (Å²) in [5.41, 5.74) is 0.731. The summed E-state index contributed by atoms with van der Waals surface area (Å²) in [4.78, 5) is 18.4. The summed E-state index contributed by atoms with van der Waals surface area (Å²) in [6.07, 6.45) is -4.39. The van der Waals surface area contributed by atoms with Gasteiger partial charge >= 0.3 is 11.9 Å². The van der Waals surface area contributed by atoms with Crippen molar-refractivity contribution in [3.05, 3.63) is 51.6 Å². The first-order valence-electron chi connectivity index (χ1n) is 9.50. The van der Waals surface area contributed by atoms with E-state index in [0.29, 0.717) is 11.3 Å². The third-order valence-electron chi connectivity index (χ3n) is 4.60. The van der Waals surface area contributed by atoms with Crippen LogP contribution in [0.25, 0.3) is 11.4 Å². The molecule has 0 unspecified atom stereocenters. The van der Waals surface area contributed by atoms with Crippen LogP contribution in [-0.4, -0.2) is 35.9 Å². The number of primary sulfonamides is 1. The molecule has 0 aliphatic heterocycles. The number of rotatable bonds is 8. The Morgan fingerprint density at radius 1 is 1.21 bits per heavy atom. The molecule has 0 amide bonds. The lowest BCUT2D eigenvalue weighted by atomic mass is 10.1. The first-order chi connectivity index (χ1) is 15.3. The van der Waals surface area contributed by atoms with Crippen LogP contribution in [0.15, 0.2) is 33.6 Å². The SMILES string of the molecule is Cc1nc(Nc2ccc(C(F)(F)F)cc2)c(-c2noc(=O)[nH]2)c(OCCCS(N)(=O)=O)c1C. The fraction of sp³-hybridized carbons (Fsp3) is 0.316. The van der Waals surface area contributed by atoms with E-state index in [1.54, 1.807) is 13.8 Å². The molecule has 0 aliphatic rings. The predicted octanol–water partition coefficient (Wildman–Crippen LogP) is 2.86. The second kappa shape index (κ2) is 9.23. The number of nitrogens with one attached hydrogen (secondary N) is 2. The molecule has 14 heteroatoms. The van der Waals surface area contributed by atoms with Crippen LogP contribution in [0.3, 0.4) is 0 Å². The highest BCUT2D eigenvalue weighted by atomic mass is 32.2. The molecule has 3 rings (SSSR count). The quantitative estimate of drug-likeness (QED) is 0.410. The number of aromatic amines is 1. The third-order valence-corrected chi connectivity index (χ3v) is 5.46. The summed E-state index contributed by atoms with van der Waals surface area (Å²) in [5, 5.41) is 11.6. The van der Waals surface area contributed by atoms with Crippen LogP contribution in [0, 0.1) is 13.8 Å². The number of ether oxygens (including phenoxy) is 1. The van der Waals surface area contributed by atoms with E-state index >= 15 is 0 Å². The number of pyridine rings is 1. The van der Waals surface area contributed by atoms with Crippen molar-refractivity contribution >= 4 is 21.5 Å². The molecule has 178 valence electrons. The minimum atomic E-state index is -4.49. The van der Waals surface area contributed by atoms with Gasteiger partial charge in [0.15, 0.2) is 5.82 Å². The van der Waals surface area contributed by atoms with Crippen molar-refractivity contribution < 1.29 is 30.8 Å². The molecule has 0 spiro atoms. The molecule has 2 aromatic heterocycles. The van der Waals surface area contributed by atoms with Crippen molar-refractivity contribution in [2.75, 3.05) is 17.7 Å². The zero-order chi connectivity index (χ0) is 24.4. The Labute approximate surface area is 186 Å². The van der Waals surface area contributed by atoms with Gasteiger partial charge in [-0.05, 0) is 44.5 Å². The van der Waals surface area contributed by atoms with Gasteiger partial charge in [-0.2, -0.15) is 13.2 Å². The van der Waals surface area contributed by atoms with Gasteiger partial charge in [0.2, 0.25) is 10.0 Å². The van der Waals surface area contributed by atoms with Crippen LogP contribution in [0.1, 0.15) is 23.2 Å². The van der Waals surface area contributed by atoms with Crippen molar-refractivity contribution in [2.24, 2.45) is 5.14 Å². The Kier molecular flexibility index (Phi) is 6.78. The molecule has 0 fully saturated rings. The maximum atomic E-state index is 12.9. The number of halogens is 3. The second-order valence-electron chi connectivity index (χ2n) is 7.09. The zero-order valence-corrected chi connectivity index (χ0v) is 18.3. The van der Waals surface area contributed by atoms with Crippen LogP contribution in [0.2, 0.25) is 0 Å². The average Bonchev–Trinajstić information content (AvgIpc) is 3.13. The molecule has 1 aromatic carbocycles. The minimum absolute atomic E-state index is 0.0322. The van der Waals surface area contributed by atoms with Gasteiger partial charge in [0.1, 0.15) is 17.1 Å². The van der Waals surface area contributed by atoms with Gasteiger partial charge in [-0.15, -0.1) is 0 Å². The van der Waals surface area contributed by atoms with Gasteiger partial charge in [-0.3, -0.25) is 9.51 Å². The van der Waals surface area contributed by atoms with E-state index in [1.807, 2.05) is 0 Å². The summed E-state index contributed by atoms with van der Waals surface area (Å²) < 4.78 is 71.3. The fourth-order valence-electron chi connectivity index (χ4n) is 2.91. The number of sulfonamides is 1. The number of hydrogen-bond acceptors (Lipinski definition) is 8. The molecular formula is C19H20F3N5O5S. The van der Waals surface area contributed by atoms with E-state index in [-0.39, 0.29) is 47.4 Å². The Morgan fingerprint density at radius 3 is 2.42 bits per heavy atom. The molecule has 0 aliphatic carbocycles. The lowest BCUT2D eigenvalue weighted by molar-refractivity contribution is -0.137. The molecule has 10 nitrogen and oxygen atoms in total. The topological polar surface area (TPSA) is 153 Å². The van der Waals surface area contributed by atoms with E-state index in [1.165, 1.54) is 12.1 Å². The first-order valence-corrected chi connectivity index (χ1v) is 11.2. The molecule has 0 saturated carbocycles. The summed E-state index contributed by atoms with van der Waals surface area (Å²) in [5.74, 6) is -0.821. The van der Waals surface area contributed by atoms with Gasteiger partial charge in [-0.25, -0.2) is 23.3 Å². The lowest BCUT2D eigenvalue weighted by Crippen LogP contribution is -2.18. The summed E-state index contributed by atoms with van der Waals surface area (Å²) >= 11 is 0. The smallest absolute Gasteiger partial charge is 0.439 e. The van der Waals surface area contributed by atoms with Gasteiger partial charge in [0.25, 0.3) is 0 Å². The average molecular weight is 487 g/mol. The van der Waals surface area contributed by atoms with Gasteiger partial charge in [-0.1, -0.05) is 5.16 Å². The second-order valence-corrected chi connectivity index (χ2v) is 8.82. The number of aryl methyl sites for hydroxylation is 1. The van der Waals surface area contributed by atoms with Crippen molar-refractivity contribution in [3.63, 3.8) is 0 Å². The standard InChI is InChI=1S/C19H20F3N5O5S/c1-10-11(2)24-16(25-13-6-4-12(5-7-13)19(20,21)22)14(17-26-18(28)32-27-17)15(10)31-8-3-9-33(23,29)30/h4-7H,3,8-9H2,1-2H3,(H,24,25)(H2,23,29,30)(H,26,27,28). The molecule has 33 heavy (non-hydrogen) atoms. The predicted molar refractivity (Wildman–Crippen MR) is 113 cm³/mol. The summed E-state index contributed by atoms with van der Waals surface area (Å²) in [6, 6.07) is 4.26. The lowest BCUT2D eigenvalue weighted by Gasteiger charge is -2.18. The molecule has 0 saturated heterocycles. The molecule has 2 heterocycles. The normalized spacial score (nSPS) is 12.1. The van der Waals surface area contributed by atoms with E-state index in [9.17, 15) is 26.4 Å². The number of nitrogens with zero attached hydrogens (tertiary/aromatic N) is 2. The van der Waals surface area contributed by atoms with Gasteiger partial charge < -0.3 is 10.1 Å². The monoisotopic (exact) mass is 487 g/mol. The maximum Gasteiger partial charge on any atom is 0.439 e. The van der Waals surface area contributed by atoms with Crippen LogP contribution in [0.5, 0.6) is 5.75 Å². The van der Waals surface area contributed by atoms with Crippen LogP contribution in [0.4, 0.5) is 24.7 Å². The van der Waals surface area contributed by atoms with Crippen molar-refractivity contribution in [1.29, 1.82) is 0 Å². The maximum absolute atomic E-state index is 12.9. The van der Waals surface area contributed by atoms with E-state index in [2.05, 4.69) is 25.0 Å². The summed E-state index contributed by atoms with van der Waals surface area (Å²) in [6.45, 7) is 3.34. The molecule has 0 atom stereocenters. The summed E-state index contributed by atoms with van der Waals surface area (Å²) in [7, 11) is -3.68. The van der Waals surface area contributed by atoms with Gasteiger partial charge in [0, 0.05) is 16.9 Å².